The molecule has 1 aromatic heterocycles. The van der Waals surface area contributed by atoms with E-state index in [1.54, 1.807) is 0 Å². The van der Waals surface area contributed by atoms with Crippen molar-refractivity contribution in [1.29, 1.82) is 0 Å². The van der Waals surface area contributed by atoms with Crippen molar-refractivity contribution in [2.75, 3.05) is 0 Å². The highest BCUT2D eigenvalue weighted by atomic mass is 19.4. The Bertz CT molecular complexity index is 866. The van der Waals surface area contributed by atoms with Gasteiger partial charge in [-0.25, -0.2) is 0 Å². The molecule has 7 heteroatoms. The van der Waals surface area contributed by atoms with E-state index in [0.717, 1.165) is 50.3 Å². The van der Waals surface area contributed by atoms with Gasteiger partial charge < -0.3 is 5.32 Å². The standard InChI is InChI=1S/C21H24F3N3O/c22-21(23,24)17-11-5-3-9-15(17)20(28)25-13-18-16-10-4-6-12-19(16)27(26-18)14-7-1-2-8-14/h3,5,9,11,14H,1-2,4,6-8,10,12-13H2,(H,25,28). The summed E-state index contributed by atoms with van der Waals surface area (Å²) < 4.78 is 41.7. The molecule has 0 bridgehead atoms. The lowest BCUT2D eigenvalue weighted by Gasteiger charge is -2.18. The van der Waals surface area contributed by atoms with E-state index in [-0.39, 0.29) is 12.1 Å². The Balaban J connectivity index is 1.55. The maximum atomic E-state index is 13.2. The molecule has 2 aliphatic rings. The number of carbonyl (C=O) groups is 1. The summed E-state index contributed by atoms with van der Waals surface area (Å²) in [5, 5.41) is 7.46. The molecular formula is C21H24F3N3O. The molecule has 0 spiro atoms. The summed E-state index contributed by atoms with van der Waals surface area (Å²) in [5.41, 5.74) is 1.99. The van der Waals surface area contributed by atoms with E-state index in [9.17, 15) is 18.0 Å². The second kappa shape index (κ2) is 7.60. The van der Waals surface area contributed by atoms with Crippen LogP contribution in [0.4, 0.5) is 13.2 Å². The van der Waals surface area contributed by atoms with Gasteiger partial charge in [-0.05, 0) is 56.2 Å². The molecule has 1 heterocycles. The van der Waals surface area contributed by atoms with E-state index in [1.165, 1.54) is 42.3 Å². The summed E-state index contributed by atoms with van der Waals surface area (Å²) in [5.74, 6) is -0.715. The van der Waals surface area contributed by atoms with Crippen LogP contribution >= 0.6 is 0 Å². The average molecular weight is 391 g/mol. The summed E-state index contributed by atoms with van der Waals surface area (Å²) in [6.45, 7) is 0.160. The van der Waals surface area contributed by atoms with Crippen LogP contribution in [-0.2, 0) is 25.6 Å². The third kappa shape index (κ3) is 3.66. The SMILES string of the molecule is O=C(NCc1nn(C2CCCC2)c2c1CCCC2)c1ccccc1C(F)(F)F. The van der Waals surface area contributed by atoms with Gasteiger partial charge in [0.1, 0.15) is 0 Å². The number of benzene rings is 1. The van der Waals surface area contributed by atoms with Crippen LogP contribution < -0.4 is 5.32 Å². The first-order valence-electron chi connectivity index (χ1n) is 9.98. The predicted octanol–water partition coefficient (Wildman–Crippen LogP) is 4.83. The first-order valence-corrected chi connectivity index (χ1v) is 9.98. The Morgan fingerprint density at radius 2 is 1.82 bits per heavy atom. The fraction of sp³-hybridized carbons (Fsp3) is 0.524. The van der Waals surface area contributed by atoms with Crippen molar-refractivity contribution in [3.63, 3.8) is 0 Å². The highest BCUT2D eigenvalue weighted by Crippen LogP contribution is 2.35. The van der Waals surface area contributed by atoms with E-state index < -0.39 is 17.6 Å². The van der Waals surface area contributed by atoms with Crippen LogP contribution in [0.15, 0.2) is 24.3 Å². The molecule has 4 nitrogen and oxygen atoms in total. The fourth-order valence-corrected chi connectivity index (χ4v) is 4.48. The first kappa shape index (κ1) is 19.0. The third-order valence-corrected chi connectivity index (χ3v) is 5.86. The average Bonchev–Trinajstić information content (AvgIpc) is 3.33. The summed E-state index contributed by atoms with van der Waals surface area (Å²) in [7, 11) is 0. The van der Waals surface area contributed by atoms with Crippen molar-refractivity contribution in [3.8, 4) is 0 Å². The Hall–Kier alpha value is -2.31. The summed E-state index contributed by atoms with van der Waals surface area (Å²) in [4.78, 5) is 12.5. The topological polar surface area (TPSA) is 46.9 Å². The van der Waals surface area contributed by atoms with Gasteiger partial charge in [-0.1, -0.05) is 25.0 Å². The number of rotatable bonds is 4. The maximum absolute atomic E-state index is 13.2. The van der Waals surface area contributed by atoms with Crippen molar-refractivity contribution in [3.05, 3.63) is 52.3 Å². The number of nitrogens with zero attached hydrogens (tertiary/aromatic N) is 2. The van der Waals surface area contributed by atoms with Crippen molar-refractivity contribution in [2.45, 2.75) is 70.1 Å². The lowest BCUT2D eigenvalue weighted by atomic mass is 9.95. The highest BCUT2D eigenvalue weighted by molar-refractivity contribution is 5.95. The zero-order valence-corrected chi connectivity index (χ0v) is 15.7. The molecule has 0 radical (unpaired) electrons. The van der Waals surface area contributed by atoms with Crippen molar-refractivity contribution in [1.82, 2.24) is 15.1 Å². The van der Waals surface area contributed by atoms with Crippen LogP contribution in [0.25, 0.3) is 0 Å². The number of aromatic nitrogens is 2. The molecule has 2 aromatic rings. The predicted molar refractivity (Wildman–Crippen MR) is 99.0 cm³/mol. The van der Waals surface area contributed by atoms with E-state index in [0.29, 0.717) is 6.04 Å². The van der Waals surface area contributed by atoms with Gasteiger partial charge in [0.05, 0.1) is 29.4 Å². The van der Waals surface area contributed by atoms with Crippen molar-refractivity contribution < 1.29 is 18.0 Å². The van der Waals surface area contributed by atoms with Crippen molar-refractivity contribution in [2.24, 2.45) is 0 Å². The van der Waals surface area contributed by atoms with Crippen LogP contribution in [0.1, 0.15) is 77.4 Å². The Morgan fingerprint density at radius 3 is 2.57 bits per heavy atom. The van der Waals surface area contributed by atoms with Gasteiger partial charge in [-0.15, -0.1) is 0 Å². The molecule has 0 aliphatic heterocycles. The van der Waals surface area contributed by atoms with Crippen LogP contribution in [0.5, 0.6) is 0 Å². The summed E-state index contributed by atoms with van der Waals surface area (Å²) in [6.07, 6.45) is 4.24. The monoisotopic (exact) mass is 391 g/mol. The van der Waals surface area contributed by atoms with Crippen LogP contribution in [-0.4, -0.2) is 15.7 Å². The number of fused-ring (bicyclic) bond motifs is 1. The zero-order chi connectivity index (χ0) is 19.7. The molecule has 1 saturated carbocycles. The van der Waals surface area contributed by atoms with Gasteiger partial charge in [0, 0.05) is 5.69 Å². The van der Waals surface area contributed by atoms with Gasteiger partial charge in [0.2, 0.25) is 0 Å². The minimum absolute atomic E-state index is 0.160. The number of carbonyl (C=O) groups excluding carboxylic acids is 1. The van der Waals surface area contributed by atoms with Crippen LogP contribution in [0.2, 0.25) is 0 Å². The van der Waals surface area contributed by atoms with E-state index in [2.05, 4.69) is 10.00 Å². The number of amides is 1. The molecule has 0 unspecified atom stereocenters. The molecule has 28 heavy (non-hydrogen) atoms. The first-order chi connectivity index (χ1) is 13.4. The Morgan fingerprint density at radius 1 is 1.11 bits per heavy atom. The molecule has 1 aromatic carbocycles. The van der Waals surface area contributed by atoms with E-state index in [4.69, 9.17) is 5.10 Å². The quantitative estimate of drug-likeness (QED) is 0.812. The molecule has 1 N–H and O–H groups in total. The van der Waals surface area contributed by atoms with Crippen molar-refractivity contribution >= 4 is 5.91 Å². The molecular weight excluding hydrogens is 367 g/mol. The number of nitrogens with one attached hydrogen (secondary N) is 1. The smallest absolute Gasteiger partial charge is 0.346 e. The third-order valence-electron chi connectivity index (χ3n) is 5.86. The Labute approximate surface area is 162 Å². The van der Waals surface area contributed by atoms with E-state index >= 15 is 0 Å². The maximum Gasteiger partial charge on any atom is 0.417 e. The fourth-order valence-electron chi connectivity index (χ4n) is 4.48. The van der Waals surface area contributed by atoms with Gasteiger partial charge >= 0.3 is 6.18 Å². The summed E-state index contributed by atoms with van der Waals surface area (Å²) in [6, 6.07) is 5.30. The van der Waals surface area contributed by atoms with Crippen LogP contribution in [0.3, 0.4) is 0 Å². The Kier molecular flexibility index (Phi) is 5.17. The second-order valence-electron chi connectivity index (χ2n) is 7.69. The van der Waals surface area contributed by atoms with Gasteiger partial charge in [-0.3, -0.25) is 9.48 Å². The van der Waals surface area contributed by atoms with E-state index in [1.807, 2.05) is 0 Å². The lowest BCUT2D eigenvalue weighted by molar-refractivity contribution is -0.137. The largest absolute Gasteiger partial charge is 0.417 e. The number of alkyl halides is 3. The highest BCUT2D eigenvalue weighted by Gasteiger charge is 2.35. The van der Waals surface area contributed by atoms with Gasteiger partial charge in [0.25, 0.3) is 5.91 Å². The van der Waals surface area contributed by atoms with Gasteiger partial charge in [-0.2, -0.15) is 18.3 Å². The molecule has 1 fully saturated rings. The molecule has 150 valence electrons. The lowest BCUT2D eigenvalue weighted by Crippen LogP contribution is -2.26. The minimum Gasteiger partial charge on any atom is -0.346 e. The normalized spacial score (nSPS) is 17.5. The van der Waals surface area contributed by atoms with Gasteiger partial charge in [0.15, 0.2) is 0 Å². The molecule has 1 amide bonds. The minimum atomic E-state index is -4.56. The number of halogens is 3. The summed E-state index contributed by atoms with van der Waals surface area (Å²) >= 11 is 0. The second-order valence-corrected chi connectivity index (χ2v) is 7.69. The molecule has 4 rings (SSSR count). The molecule has 2 aliphatic carbocycles. The number of hydrogen-bond acceptors (Lipinski definition) is 2. The number of hydrogen-bond donors (Lipinski definition) is 1. The molecule has 0 atom stereocenters. The zero-order valence-electron chi connectivity index (χ0n) is 15.7. The molecule has 0 saturated heterocycles. The van der Waals surface area contributed by atoms with Crippen LogP contribution in [0, 0.1) is 0 Å².